The third kappa shape index (κ3) is 3.18. The molecule has 2 N–H and O–H groups in total. The molecule has 0 aliphatic carbocycles. The van der Waals surface area contributed by atoms with Crippen LogP contribution in [0.5, 0.6) is 0 Å². The normalized spacial score (nSPS) is 10.6. The van der Waals surface area contributed by atoms with E-state index in [4.69, 9.17) is 0 Å². The summed E-state index contributed by atoms with van der Waals surface area (Å²) in [6.45, 7) is 0.758. The number of nitrogens with one attached hydrogen (secondary N) is 2. The Balaban J connectivity index is 2.01. The van der Waals surface area contributed by atoms with E-state index >= 15 is 0 Å². The van der Waals surface area contributed by atoms with Gasteiger partial charge < -0.3 is 10.2 Å². The molecule has 5 nitrogen and oxygen atoms in total. The topological polar surface area (TPSA) is 61.0 Å². The molecule has 2 aromatic rings. The fraction of sp³-hybridized carbons (Fsp3) is 0.231. The van der Waals surface area contributed by atoms with Gasteiger partial charge in [0, 0.05) is 18.2 Å². The fourth-order valence-corrected chi connectivity index (χ4v) is 1.63. The average molecular weight is 244 g/mol. The number of carbonyl (C=O) groups excluding carboxylic acids is 1. The van der Waals surface area contributed by atoms with E-state index in [1.807, 2.05) is 43.3 Å². The van der Waals surface area contributed by atoms with E-state index in [0.29, 0.717) is 11.4 Å². The van der Waals surface area contributed by atoms with Gasteiger partial charge in [-0.05, 0) is 26.2 Å². The number of hydrogen-bond acceptors (Lipinski definition) is 3. The number of carbonyl (C=O) groups is 1. The molecule has 1 heterocycles. The molecule has 0 aliphatic rings. The first-order chi connectivity index (χ1) is 8.65. The number of rotatable bonds is 4. The lowest BCUT2D eigenvalue weighted by atomic mass is 10.2. The van der Waals surface area contributed by atoms with Gasteiger partial charge in [0.2, 0.25) is 0 Å². The zero-order valence-electron chi connectivity index (χ0n) is 10.5. The lowest BCUT2D eigenvalue weighted by molar-refractivity contribution is 0.102. The SMILES string of the molecule is CN(C)Cc1cc(NC(=O)c2ccccc2)n[nH]1. The third-order valence-electron chi connectivity index (χ3n) is 2.40. The molecule has 18 heavy (non-hydrogen) atoms. The van der Waals surface area contributed by atoms with Crippen molar-refractivity contribution >= 4 is 11.7 Å². The summed E-state index contributed by atoms with van der Waals surface area (Å²) in [5.74, 6) is 0.388. The summed E-state index contributed by atoms with van der Waals surface area (Å²) in [5.41, 5.74) is 1.58. The lowest BCUT2D eigenvalue weighted by Gasteiger charge is -2.05. The first-order valence-corrected chi connectivity index (χ1v) is 5.70. The smallest absolute Gasteiger partial charge is 0.256 e. The molecule has 1 amide bonds. The van der Waals surface area contributed by atoms with Gasteiger partial charge in [0.05, 0.1) is 5.69 Å². The van der Waals surface area contributed by atoms with Crippen molar-refractivity contribution in [2.75, 3.05) is 19.4 Å². The van der Waals surface area contributed by atoms with Crippen molar-refractivity contribution in [3.63, 3.8) is 0 Å². The molecule has 0 saturated heterocycles. The van der Waals surface area contributed by atoms with Gasteiger partial charge in [0.25, 0.3) is 5.91 Å². The van der Waals surface area contributed by atoms with E-state index in [9.17, 15) is 4.79 Å². The van der Waals surface area contributed by atoms with Crippen molar-refractivity contribution in [2.45, 2.75) is 6.54 Å². The van der Waals surface area contributed by atoms with Gasteiger partial charge in [-0.1, -0.05) is 18.2 Å². The van der Waals surface area contributed by atoms with E-state index in [1.165, 1.54) is 0 Å². The maximum absolute atomic E-state index is 11.9. The largest absolute Gasteiger partial charge is 0.305 e. The third-order valence-corrected chi connectivity index (χ3v) is 2.40. The highest BCUT2D eigenvalue weighted by molar-refractivity contribution is 6.03. The van der Waals surface area contributed by atoms with Gasteiger partial charge in [-0.25, -0.2) is 0 Å². The molecule has 2 rings (SSSR count). The highest BCUT2D eigenvalue weighted by atomic mass is 16.1. The second-order valence-electron chi connectivity index (χ2n) is 4.34. The molecule has 0 radical (unpaired) electrons. The minimum absolute atomic E-state index is 0.154. The summed E-state index contributed by atoms with van der Waals surface area (Å²) in [6.07, 6.45) is 0. The first kappa shape index (κ1) is 12.3. The van der Waals surface area contributed by atoms with Gasteiger partial charge in [0.15, 0.2) is 5.82 Å². The molecule has 5 heteroatoms. The predicted molar refractivity (Wildman–Crippen MR) is 70.4 cm³/mol. The number of aromatic amines is 1. The first-order valence-electron chi connectivity index (χ1n) is 5.70. The Hall–Kier alpha value is -2.14. The molecule has 0 atom stereocenters. The summed E-state index contributed by atoms with van der Waals surface area (Å²) in [7, 11) is 3.95. The van der Waals surface area contributed by atoms with Crippen LogP contribution in [0.4, 0.5) is 5.82 Å². The van der Waals surface area contributed by atoms with Crippen molar-refractivity contribution < 1.29 is 4.79 Å². The molecule has 94 valence electrons. The Labute approximate surface area is 106 Å². The van der Waals surface area contributed by atoms with Gasteiger partial charge in [-0.3, -0.25) is 9.89 Å². The highest BCUT2D eigenvalue weighted by Gasteiger charge is 2.08. The number of aromatic nitrogens is 2. The molecule has 0 spiro atoms. The average Bonchev–Trinajstić information content (AvgIpc) is 2.76. The van der Waals surface area contributed by atoms with E-state index in [1.54, 1.807) is 12.1 Å². The van der Waals surface area contributed by atoms with E-state index < -0.39 is 0 Å². The van der Waals surface area contributed by atoms with E-state index in [-0.39, 0.29) is 5.91 Å². The Bertz CT molecular complexity index is 519. The summed E-state index contributed by atoms with van der Waals surface area (Å²) < 4.78 is 0. The summed E-state index contributed by atoms with van der Waals surface area (Å²) in [4.78, 5) is 13.9. The maximum atomic E-state index is 11.9. The van der Waals surface area contributed by atoms with Crippen LogP contribution in [0.3, 0.4) is 0 Å². The van der Waals surface area contributed by atoms with Crippen LogP contribution in [0.2, 0.25) is 0 Å². The molecule has 1 aromatic heterocycles. The fourth-order valence-electron chi connectivity index (χ4n) is 1.63. The Morgan fingerprint density at radius 1 is 1.33 bits per heavy atom. The molecule has 0 aliphatic heterocycles. The molecule has 0 saturated carbocycles. The predicted octanol–water partition coefficient (Wildman–Crippen LogP) is 1.72. The van der Waals surface area contributed by atoms with Crippen molar-refractivity contribution in [2.24, 2.45) is 0 Å². The summed E-state index contributed by atoms with van der Waals surface area (Å²) in [6, 6.07) is 10.9. The molecular formula is C13H16N4O. The Morgan fingerprint density at radius 3 is 2.72 bits per heavy atom. The van der Waals surface area contributed by atoms with Crippen molar-refractivity contribution in [3.05, 3.63) is 47.7 Å². The zero-order valence-corrected chi connectivity index (χ0v) is 10.5. The van der Waals surface area contributed by atoms with Crippen LogP contribution in [-0.4, -0.2) is 35.1 Å². The van der Waals surface area contributed by atoms with Gasteiger partial charge in [-0.2, -0.15) is 5.10 Å². The van der Waals surface area contributed by atoms with Crippen LogP contribution in [0.25, 0.3) is 0 Å². The lowest BCUT2D eigenvalue weighted by Crippen LogP contribution is -2.12. The second kappa shape index (κ2) is 5.46. The van der Waals surface area contributed by atoms with Crippen molar-refractivity contribution in [1.29, 1.82) is 0 Å². The number of H-pyrrole nitrogens is 1. The molecule has 0 fully saturated rings. The molecule has 0 unspecified atom stereocenters. The quantitative estimate of drug-likeness (QED) is 0.861. The van der Waals surface area contributed by atoms with Crippen molar-refractivity contribution in [1.82, 2.24) is 15.1 Å². The Morgan fingerprint density at radius 2 is 2.06 bits per heavy atom. The van der Waals surface area contributed by atoms with Crippen LogP contribution in [0.1, 0.15) is 16.1 Å². The number of anilines is 1. The molecule has 1 aromatic carbocycles. The van der Waals surface area contributed by atoms with Crippen LogP contribution in [-0.2, 0) is 6.54 Å². The number of amides is 1. The monoisotopic (exact) mass is 244 g/mol. The van der Waals surface area contributed by atoms with Gasteiger partial charge >= 0.3 is 0 Å². The summed E-state index contributed by atoms with van der Waals surface area (Å²) >= 11 is 0. The number of hydrogen-bond donors (Lipinski definition) is 2. The van der Waals surface area contributed by atoms with Crippen LogP contribution < -0.4 is 5.32 Å². The van der Waals surface area contributed by atoms with E-state index in [2.05, 4.69) is 15.5 Å². The Kier molecular flexibility index (Phi) is 3.74. The zero-order chi connectivity index (χ0) is 13.0. The van der Waals surface area contributed by atoms with Crippen LogP contribution in [0, 0.1) is 0 Å². The van der Waals surface area contributed by atoms with Crippen LogP contribution in [0.15, 0.2) is 36.4 Å². The molecule has 0 bridgehead atoms. The minimum Gasteiger partial charge on any atom is -0.305 e. The van der Waals surface area contributed by atoms with Crippen LogP contribution >= 0.6 is 0 Å². The van der Waals surface area contributed by atoms with Crippen molar-refractivity contribution in [3.8, 4) is 0 Å². The number of nitrogens with zero attached hydrogens (tertiary/aromatic N) is 2. The minimum atomic E-state index is -0.154. The number of benzene rings is 1. The van der Waals surface area contributed by atoms with Gasteiger partial charge in [-0.15, -0.1) is 0 Å². The summed E-state index contributed by atoms with van der Waals surface area (Å²) in [5, 5.41) is 9.69. The highest BCUT2D eigenvalue weighted by Crippen LogP contribution is 2.09. The standard InChI is InChI=1S/C13H16N4O/c1-17(2)9-11-8-12(16-15-11)14-13(18)10-6-4-3-5-7-10/h3-8H,9H2,1-2H3,(H2,14,15,16,18). The van der Waals surface area contributed by atoms with Gasteiger partial charge in [0.1, 0.15) is 0 Å². The molecular weight excluding hydrogens is 228 g/mol. The maximum Gasteiger partial charge on any atom is 0.256 e. The second-order valence-corrected chi connectivity index (χ2v) is 4.34. The van der Waals surface area contributed by atoms with E-state index in [0.717, 1.165) is 12.2 Å².